The normalized spacial score (nSPS) is 14.9. The van der Waals surface area contributed by atoms with Gasteiger partial charge in [-0.2, -0.15) is 5.26 Å². The highest BCUT2D eigenvalue weighted by Crippen LogP contribution is 2.24. The van der Waals surface area contributed by atoms with E-state index in [1.54, 1.807) is 19.1 Å². The smallest absolute Gasteiger partial charge is 0.293 e. The average molecular weight is 512 g/mol. The van der Waals surface area contributed by atoms with Crippen molar-refractivity contribution in [2.75, 3.05) is 26.3 Å². The van der Waals surface area contributed by atoms with E-state index in [0.717, 1.165) is 44.0 Å². The highest BCUT2D eigenvalue weighted by atomic mass is 16.5. The van der Waals surface area contributed by atoms with Gasteiger partial charge < -0.3 is 20.1 Å². The third-order valence-electron chi connectivity index (χ3n) is 6.30. The van der Waals surface area contributed by atoms with Crippen LogP contribution in [0.15, 0.2) is 59.7 Å². The maximum atomic E-state index is 13.0. The fourth-order valence-electron chi connectivity index (χ4n) is 4.13. The lowest BCUT2D eigenvalue weighted by molar-refractivity contribution is -0.122. The molecule has 0 spiro atoms. The van der Waals surface area contributed by atoms with Crippen molar-refractivity contribution in [3.8, 4) is 23.7 Å². The first-order valence-electron chi connectivity index (χ1n) is 12.4. The van der Waals surface area contributed by atoms with Crippen LogP contribution < -0.4 is 10.9 Å². The van der Waals surface area contributed by atoms with E-state index in [-0.39, 0.29) is 12.1 Å². The topological polar surface area (TPSA) is 131 Å². The molecule has 0 radical (unpaired) electrons. The minimum Gasteiger partial charge on any atom is -0.502 e. The van der Waals surface area contributed by atoms with Gasteiger partial charge in [-0.15, -0.1) is 0 Å². The van der Waals surface area contributed by atoms with Gasteiger partial charge in [0.1, 0.15) is 6.04 Å². The predicted molar refractivity (Wildman–Crippen MR) is 141 cm³/mol. The molecule has 9 heteroatoms. The number of aromatic hydroxyl groups is 1. The van der Waals surface area contributed by atoms with Crippen molar-refractivity contribution in [2.24, 2.45) is 0 Å². The van der Waals surface area contributed by atoms with E-state index in [4.69, 9.17) is 10.00 Å². The molecular weight excluding hydrogens is 482 g/mol. The Morgan fingerprint density at radius 3 is 2.39 bits per heavy atom. The Labute approximate surface area is 221 Å². The molecule has 2 unspecified atom stereocenters. The summed E-state index contributed by atoms with van der Waals surface area (Å²) in [6.07, 6.45) is 1.17. The zero-order valence-electron chi connectivity index (χ0n) is 21.1. The molecule has 0 saturated carbocycles. The van der Waals surface area contributed by atoms with Crippen LogP contribution in [0.3, 0.4) is 0 Å². The summed E-state index contributed by atoms with van der Waals surface area (Å²) in [6, 6.07) is 16.7. The van der Waals surface area contributed by atoms with Crippen LogP contribution in [0, 0.1) is 23.2 Å². The van der Waals surface area contributed by atoms with Gasteiger partial charge in [-0.3, -0.25) is 14.5 Å². The maximum absolute atomic E-state index is 13.0. The number of ether oxygens (including phenoxy) is 1. The van der Waals surface area contributed by atoms with Crippen molar-refractivity contribution in [3.05, 3.63) is 93.2 Å². The number of H-pyrrole nitrogens is 1. The Bertz CT molecular complexity index is 1410. The Morgan fingerprint density at radius 2 is 1.76 bits per heavy atom. The molecule has 4 rings (SSSR count). The molecule has 194 valence electrons. The number of hydrogen-bond acceptors (Lipinski definition) is 7. The number of amides is 1. The minimum absolute atomic E-state index is 0.0123. The molecule has 2 heterocycles. The van der Waals surface area contributed by atoms with Gasteiger partial charge in [0.25, 0.3) is 5.56 Å². The van der Waals surface area contributed by atoms with Gasteiger partial charge in [0, 0.05) is 37.2 Å². The lowest BCUT2D eigenvalue weighted by Crippen LogP contribution is -2.36. The molecule has 9 nitrogen and oxygen atoms in total. The molecule has 2 atom stereocenters. The Morgan fingerprint density at radius 1 is 1.13 bits per heavy atom. The summed E-state index contributed by atoms with van der Waals surface area (Å²) >= 11 is 0. The van der Waals surface area contributed by atoms with Crippen molar-refractivity contribution in [2.45, 2.75) is 31.8 Å². The summed E-state index contributed by atoms with van der Waals surface area (Å²) in [5.41, 5.74) is 2.97. The van der Waals surface area contributed by atoms with Crippen LogP contribution in [0.5, 0.6) is 5.75 Å². The number of aromatic nitrogens is 2. The first kappa shape index (κ1) is 26.6. The third-order valence-corrected chi connectivity index (χ3v) is 6.30. The largest absolute Gasteiger partial charge is 0.502 e. The number of benzene rings is 2. The number of nitrogens with zero attached hydrogens (tertiary/aromatic N) is 3. The van der Waals surface area contributed by atoms with E-state index in [1.807, 2.05) is 30.3 Å². The second-order valence-electron chi connectivity index (χ2n) is 9.10. The SMILES string of the molecule is CC(C#N)NC(=O)C(Cc1nc[nH]c(=O)c1O)c1ccc(C#Cc2ccc(CN3CCOCC3)cc2)cc1. The summed E-state index contributed by atoms with van der Waals surface area (Å²) in [5, 5.41) is 21.9. The van der Waals surface area contributed by atoms with E-state index in [0.29, 0.717) is 5.56 Å². The van der Waals surface area contributed by atoms with Gasteiger partial charge in [-0.1, -0.05) is 36.1 Å². The van der Waals surface area contributed by atoms with Crippen molar-refractivity contribution in [1.82, 2.24) is 20.2 Å². The standard InChI is InChI=1S/C29H29N5O4/c1-20(17-30)33-28(36)25(16-26-27(35)29(37)32-19-31-26)24-10-8-22(9-11-24)3-2-21-4-6-23(7-5-21)18-34-12-14-38-15-13-34/h4-11,19-20,25,35H,12-16,18H2,1H3,(H,33,36)(H,31,32,37). The van der Waals surface area contributed by atoms with Crippen molar-refractivity contribution >= 4 is 5.91 Å². The predicted octanol–water partition coefficient (Wildman–Crippen LogP) is 2.06. The van der Waals surface area contributed by atoms with Crippen LogP contribution in [0.1, 0.15) is 40.8 Å². The fourth-order valence-corrected chi connectivity index (χ4v) is 4.13. The van der Waals surface area contributed by atoms with E-state index in [1.165, 1.54) is 11.9 Å². The van der Waals surface area contributed by atoms with E-state index >= 15 is 0 Å². The van der Waals surface area contributed by atoms with Gasteiger partial charge in [-0.05, 0) is 42.3 Å². The lowest BCUT2D eigenvalue weighted by Gasteiger charge is -2.26. The summed E-state index contributed by atoms with van der Waals surface area (Å²) in [7, 11) is 0. The second-order valence-corrected chi connectivity index (χ2v) is 9.10. The minimum atomic E-state index is -0.771. The summed E-state index contributed by atoms with van der Waals surface area (Å²) in [4.78, 5) is 33.4. The first-order valence-corrected chi connectivity index (χ1v) is 12.4. The number of carbonyl (C=O) groups excluding carboxylic acids is 1. The van der Waals surface area contributed by atoms with Gasteiger partial charge in [-0.25, -0.2) is 4.98 Å². The molecule has 1 aliphatic heterocycles. The van der Waals surface area contributed by atoms with Gasteiger partial charge in [0.2, 0.25) is 11.7 Å². The van der Waals surface area contributed by atoms with Gasteiger partial charge in [0.15, 0.2) is 0 Å². The summed E-state index contributed by atoms with van der Waals surface area (Å²) in [6.45, 7) is 5.91. The van der Waals surface area contributed by atoms with Crippen molar-refractivity contribution in [1.29, 1.82) is 5.26 Å². The molecule has 1 aliphatic rings. The van der Waals surface area contributed by atoms with E-state index in [9.17, 15) is 14.7 Å². The first-order chi connectivity index (χ1) is 18.4. The summed E-state index contributed by atoms with van der Waals surface area (Å²) < 4.78 is 5.40. The van der Waals surface area contributed by atoms with Crippen LogP contribution in [0.25, 0.3) is 0 Å². The number of hydrogen-bond donors (Lipinski definition) is 3. The molecule has 1 fully saturated rings. The fraction of sp³-hybridized carbons (Fsp3) is 0.310. The Kier molecular flexibility index (Phi) is 8.89. The highest BCUT2D eigenvalue weighted by Gasteiger charge is 2.25. The number of carbonyl (C=O) groups is 1. The third kappa shape index (κ3) is 7.07. The molecule has 1 saturated heterocycles. The molecule has 2 aromatic carbocycles. The van der Waals surface area contributed by atoms with Crippen LogP contribution >= 0.6 is 0 Å². The molecule has 0 aliphatic carbocycles. The number of rotatable bonds is 7. The molecule has 1 aromatic heterocycles. The number of morpholine rings is 1. The van der Waals surface area contributed by atoms with Crippen LogP contribution in [-0.4, -0.2) is 58.2 Å². The molecule has 38 heavy (non-hydrogen) atoms. The summed E-state index contributed by atoms with van der Waals surface area (Å²) in [5.74, 6) is 4.61. The van der Waals surface area contributed by atoms with Crippen LogP contribution in [0.4, 0.5) is 0 Å². The molecule has 3 aromatic rings. The van der Waals surface area contributed by atoms with Crippen molar-refractivity contribution < 1.29 is 14.6 Å². The highest BCUT2D eigenvalue weighted by molar-refractivity contribution is 5.84. The van der Waals surface area contributed by atoms with Crippen LogP contribution in [-0.2, 0) is 22.5 Å². The molecule has 1 amide bonds. The van der Waals surface area contributed by atoms with Gasteiger partial charge in [0.05, 0.1) is 37.2 Å². The van der Waals surface area contributed by atoms with E-state index in [2.05, 4.69) is 44.2 Å². The number of aromatic amines is 1. The maximum Gasteiger partial charge on any atom is 0.293 e. The zero-order chi connectivity index (χ0) is 26.9. The average Bonchev–Trinajstić information content (AvgIpc) is 2.94. The van der Waals surface area contributed by atoms with Crippen LogP contribution in [0.2, 0.25) is 0 Å². The quantitative estimate of drug-likeness (QED) is 0.414. The van der Waals surface area contributed by atoms with E-state index < -0.39 is 29.2 Å². The lowest BCUT2D eigenvalue weighted by atomic mass is 9.92. The zero-order valence-corrected chi connectivity index (χ0v) is 21.1. The second kappa shape index (κ2) is 12.7. The Balaban J connectivity index is 1.48. The van der Waals surface area contributed by atoms with Gasteiger partial charge >= 0.3 is 0 Å². The molecular formula is C29H29N5O4. The Hall–Kier alpha value is -4.44. The number of nitrogens with one attached hydrogen (secondary N) is 2. The molecule has 3 N–H and O–H groups in total. The van der Waals surface area contributed by atoms with Crippen molar-refractivity contribution in [3.63, 3.8) is 0 Å². The monoisotopic (exact) mass is 511 g/mol. The molecule has 0 bridgehead atoms. The number of nitriles is 1.